The Hall–Kier alpha value is -1.58. The first-order valence-electron chi connectivity index (χ1n) is 7.56. The van der Waals surface area contributed by atoms with Crippen LogP contribution in [0.1, 0.15) is 27.1 Å². The van der Waals surface area contributed by atoms with Crippen LogP contribution >= 0.6 is 22.7 Å². The van der Waals surface area contributed by atoms with Crippen LogP contribution in [0.2, 0.25) is 0 Å². The Labute approximate surface area is 140 Å². The molecule has 0 saturated heterocycles. The summed E-state index contributed by atoms with van der Waals surface area (Å²) in [7, 11) is 0. The van der Waals surface area contributed by atoms with Crippen LogP contribution in [-0.4, -0.2) is 6.71 Å². The molecule has 0 fully saturated rings. The average molecular weight is 320 g/mol. The van der Waals surface area contributed by atoms with Gasteiger partial charge in [0.1, 0.15) is 0 Å². The zero-order valence-corrected chi connectivity index (χ0v) is 14.6. The number of thiophene rings is 2. The highest BCUT2D eigenvalue weighted by Crippen LogP contribution is 2.20. The van der Waals surface area contributed by atoms with Gasteiger partial charge in [0.15, 0.2) is 0 Å². The smallest absolute Gasteiger partial charge is 0.157 e. The van der Waals surface area contributed by atoms with Crippen molar-refractivity contribution in [2.45, 2.75) is 20.8 Å². The third-order valence-electron chi connectivity index (χ3n) is 4.47. The van der Waals surface area contributed by atoms with Gasteiger partial charge in [0.05, 0.1) is 0 Å². The summed E-state index contributed by atoms with van der Waals surface area (Å²) in [4.78, 5) is 1.40. The molecule has 0 unspecified atom stereocenters. The first-order valence-corrected chi connectivity index (χ1v) is 9.31. The topological polar surface area (TPSA) is 0 Å². The van der Waals surface area contributed by atoms with Crippen molar-refractivity contribution in [2.24, 2.45) is 0 Å². The molecule has 0 N–H and O–H groups in total. The van der Waals surface area contributed by atoms with E-state index in [1.54, 1.807) is 0 Å². The largest absolute Gasteiger partial charge is 0.256 e. The molecule has 0 nitrogen and oxygen atoms in total. The molecule has 1 aliphatic rings. The van der Waals surface area contributed by atoms with E-state index in [0.29, 0.717) is 6.71 Å². The van der Waals surface area contributed by atoms with Gasteiger partial charge in [-0.05, 0) is 59.5 Å². The highest BCUT2D eigenvalue weighted by atomic mass is 32.1. The fourth-order valence-corrected chi connectivity index (χ4v) is 5.49. The standard InChI is InChI=1S/C19H17BS2/c1-12-10-13(2)18(14(3)11-12)20-16-7-9-21-17(16)5-4-15-6-8-22-19(15)20/h4-11H,1-3H3. The van der Waals surface area contributed by atoms with Crippen molar-refractivity contribution in [3.63, 3.8) is 0 Å². The molecule has 0 saturated carbocycles. The van der Waals surface area contributed by atoms with E-state index in [9.17, 15) is 0 Å². The summed E-state index contributed by atoms with van der Waals surface area (Å²) in [6, 6.07) is 9.20. The number of fused-ring (bicyclic) bond motifs is 2. The maximum absolute atomic E-state index is 2.32. The van der Waals surface area contributed by atoms with Gasteiger partial charge in [-0.25, -0.2) is 0 Å². The number of aryl methyl sites for hydroxylation is 3. The van der Waals surface area contributed by atoms with E-state index in [-0.39, 0.29) is 0 Å². The summed E-state index contributed by atoms with van der Waals surface area (Å²) < 4.78 is 1.48. The normalized spacial score (nSPS) is 13.0. The van der Waals surface area contributed by atoms with Crippen LogP contribution in [0.4, 0.5) is 0 Å². The van der Waals surface area contributed by atoms with Crippen molar-refractivity contribution in [3.8, 4) is 0 Å². The van der Waals surface area contributed by atoms with Crippen LogP contribution in [0.15, 0.2) is 35.0 Å². The predicted octanol–water partition coefficient (Wildman–Crippen LogP) is 3.73. The van der Waals surface area contributed by atoms with Crippen molar-refractivity contribution < 1.29 is 0 Å². The molecule has 108 valence electrons. The highest BCUT2D eigenvalue weighted by Gasteiger charge is 2.31. The zero-order valence-electron chi connectivity index (χ0n) is 13.0. The van der Waals surface area contributed by atoms with E-state index >= 15 is 0 Å². The molecule has 0 radical (unpaired) electrons. The molecule has 3 heterocycles. The van der Waals surface area contributed by atoms with Crippen molar-refractivity contribution in [1.82, 2.24) is 0 Å². The van der Waals surface area contributed by atoms with Crippen LogP contribution < -0.4 is 15.7 Å². The Balaban J connectivity index is 2.03. The van der Waals surface area contributed by atoms with Crippen molar-refractivity contribution in [3.05, 3.63) is 62.2 Å². The lowest BCUT2D eigenvalue weighted by molar-refractivity contribution is 1.35. The van der Waals surface area contributed by atoms with E-state index in [1.807, 2.05) is 22.7 Å². The number of benzene rings is 1. The van der Waals surface area contributed by atoms with Crippen LogP contribution in [-0.2, 0) is 0 Å². The molecule has 22 heavy (non-hydrogen) atoms. The predicted molar refractivity (Wildman–Crippen MR) is 103 cm³/mol. The lowest BCUT2D eigenvalue weighted by Crippen LogP contribution is -2.53. The summed E-state index contributed by atoms with van der Waals surface area (Å²) in [6.45, 7) is 7.07. The van der Waals surface area contributed by atoms with Crippen LogP contribution in [0.5, 0.6) is 0 Å². The average Bonchev–Trinajstić information content (AvgIpc) is 3.08. The van der Waals surface area contributed by atoms with E-state index in [4.69, 9.17) is 0 Å². The lowest BCUT2D eigenvalue weighted by Gasteiger charge is -2.19. The molecule has 1 aromatic carbocycles. The summed E-state index contributed by atoms with van der Waals surface area (Å²) >= 11 is 3.73. The molecule has 2 aromatic heterocycles. The van der Waals surface area contributed by atoms with Crippen molar-refractivity contribution in [2.75, 3.05) is 0 Å². The molecule has 0 bridgehead atoms. The van der Waals surface area contributed by atoms with Gasteiger partial charge in [0, 0.05) is 4.88 Å². The summed E-state index contributed by atoms with van der Waals surface area (Å²) in [5, 5.41) is 4.44. The third-order valence-corrected chi connectivity index (χ3v) is 6.36. The summed E-state index contributed by atoms with van der Waals surface area (Å²) in [5.74, 6) is 0. The quantitative estimate of drug-likeness (QED) is 0.469. The Morgan fingerprint density at radius 3 is 2.36 bits per heavy atom. The Kier molecular flexibility index (Phi) is 3.35. The van der Waals surface area contributed by atoms with Gasteiger partial charge in [0.25, 0.3) is 6.71 Å². The molecular formula is C19H17BS2. The van der Waals surface area contributed by atoms with E-state index in [2.05, 4.69) is 67.9 Å². The van der Waals surface area contributed by atoms with Gasteiger partial charge < -0.3 is 0 Å². The second-order valence-electron chi connectivity index (χ2n) is 6.06. The molecule has 4 rings (SSSR count). The van der Waals surface area contributed by atoms with Crippen molar-refractivity contribution >= 4 is 57.2 Å². The zero-order chi connectivity index (χ0) is 15.3. The van der Waals surface area contributed by atoms with E-state index in [0.717, 1.165) is 0 Å². The SMILES string of the molecule is Cc1cc(C)c(B2c3ccsc3C=Cc3ccsc32)c(C)c1. The fraction of sp³-hybridized carbons (Fsp3) is 0.158. The molecule has 0 spiro atoms. The summed E-state index contributed by atoms with van der Waals surface area (Å²) in [5.41, 5.74) is 8.47. The minimum absolute atomic E-state index is 0.367. The van der Waals surface area contributed by atoms with Gasteiger partial charge in [-0.2, -0.15) is 11.3 Å². The van der Waals surface area contributed by atoms with Crippen LogP contribution in [0.25, 0.3) is 12.2 Å². The fourth-order valence-electron chi connectivity index (χ4n) is 3.65. The second kappa shape index (κ2) is 5.25. The highest BCUT2D eigenvalue weighted by molar-refractivity contribution is 7.27. The molecule has 3 heteroatoms. The molecular weight excluding hydrogens is 303 g/mol. The Bertz CT molecular complexity index is 815. The number of rotatable bonds is 1. The monoisotopic (exact) mass is 320 g/mol. The van der Waals surface area contributed by atoms with Gasteiger partial charge in [-0.1, -0.05) is 46.4 Å². The van der Waals surface area contributed by atoms with E-state index < -0.39 is 0 Å². The molecule has 0 atom stereocenters. The molecule has 1 aliphatic heterocycles. The first-order chi connectivity index (χ1) is 10.6. The Morgan fingerprint density at radius 1 is 0.864 bits per heavy atom. The number of hydrogen-bond donors (Lipinski definition) is 0. The third kappa shape index (κ3) is 2.12. The molecule has 0 amide bonds. The maximum atomic E-state index is 2.32. The van der Waals surface area contributed by atoms with Gasteiger partial charge >= 0.3 is 0 Å². The first kappa shape index (κ1) is 14.0. The van der Waals surface area contributed by atoms with Gasteiger partial charge in [-0.15, -0.1) is 11.3 Å². The minimum Gasteiger partial charge on any atom is -0.157 e. The van der Waals surface area contributed by atoms with Crippen LogP contribution in [0.3, 0.4) is 0 Å². The Morgan fingerprint density at radius 2 is 1.59 bits per heavy atom. The maximum Gasteiger partial charge on any atom is 0.256 e. The molecule has 3 aromatic rings. The van der Waals surface area contributed by atoms with E-state index in [1.165, 1.54) is 42.8 Å². The van der Waals surface area contributed by atoms with Crippen LogP contribution in [0, 0.1) is 20.8 Å². The lowest BCUT2D eigenvalue weighted by atomic mass is 9.38. The summed E-state index contributed by atoms with van der Waals surface area (Å²) in [6.07, 6.45) is 4.56. The minimum atomic E-state index is 0.367. The molecule has 0 aliphatic carbocycles. The van der Waals surface area contributed by atoms with Gasteiger partial charge in [-0.3, -0.25) is 0 Å². The van der Waals surface area contributed by atoms with Gasteiger partial charge in [0.2, 0.25) is 0 Å². The number of hydrogen-bond acceptors (Lipinski definition) is 2. The second-order valence-corrected chi connectivity index (χ2v) is 7.95. The van der Waals surface area contributed by atoms with Crippen molar-refractivity contribution in [1.29, 1.82) is 0 Å².